The molecule has 0 saturated carbocycles. The zero-order chi connectivity index (χ0) is 13.9. The van der Waals surface area contributed by atoms with E-state index in [0.717, 1.165) is 16.9 Å². The Bertz CT molecular complexity index is 636. The Morgan fingerprint density at radius 3 is 2.58 bits per heavy atom. The quantitative estimate of drug-likeness (QED) is 0.889. The summed E-state index contributed by atoms with van der Waals surface area (Å²) >= 11 is 1.13. The molecule has 2 aromatic rings. The highest BCUT2D eigenvalue weighted by Crippen LogP contribution is 2.21. The molecule has 0 aliphatic rings. The fourth-order valence-electron chi connectivity index (χ4n) is 1.80. The number of sulfonamides is 1. The Labute approximate surface area is 117 Å². The van der Waals surface area contributed by atoms with E-state index in [-0.39, 0.29) is 10.3 Å². The molecule has 4 nitrogen and oxygen atoms in total. The number of nitrogens with one attached hydrogen (secondary N) is 1. The third kappa shape index (κ3) is 3.79. The maximum atomic E-state index is 12.1. The van der Waals surface area contributed by atoms with Gasteiger partial charge in [-0.05, 0) is 25.0 Å². The Morgan fingerprint density at radius 2 is 2.00 bits per heavy atom. The highest BCUT2D eigenvalue weighted by molar-refractivity contribution is 7.91. The standard InChI is InChI=1S/C13H16N2O2S2/c1-10(7-11-5-3-2-4-6-11)15-19(16,17)13-8-12(14)9-18-13/h2-6,8-10,15H,7,14H2,1H3. The number of nitrogen functional groups attached to an aromatic ring is 1. The molecule has 1 unspecified atom stereocenters. The van der Waals surface area contributed by atoms with Gasteiger partial charge >= 0.3 is 0 Å². The second-order valence-corrected chi connectivity index (χ2v) is 7.26. The van der Waals surface area contributed by atoms with Crippen LogP contribution >= 0.6 is 11.3 Å². The van der Waals surface area contributed by atoms with Crippen LogP contribution in [0.5, 0.6) is 0 Å². The highest BCUT2D eigenvalue weighted by atomic mass is 32.2. The van der Waals surface area contributed by atoms with Crippen molar-refractivity contribution in [2.45, 2.75) is 23.6 Å². The molecule has 0 bridgehead atoms. The summed E-state index contributed by atoms with van der Waals surface area (Å²) in [6, 6.07) is 11.1. The van der Waals surface area contributed by atoms with E-state index >= 15 is 0 Å². The molecular formula is C13H16N2O2S2. The smallest absolute Gasteiger partial charge is 0.250 e. The van der Waals surface area contributed by atoms with E-state index in [2.05, 4.69) is 4.72 Å². The van der Waals surface area contributed by atoms with Crippen molar-refractivity contribution < 1.29 is 8.42 Å². The van der Waals surface area contributed by atoms with Crippen LogP contribution in [0, 0.1) is 0 Å². The predicted octanol–water partition coefficient (Wildman–Crippen LogP) is 2.24. The average molecular weight is 296 g/mol. The first-order valence-corrected chi connectivity index (χ1v) is 8.24. The average Bonchev–Trinajstić information content (AvgIpc) is 2.77. The fraction of sp³-hybridized carbons (Fsp3) is 0.231. The van der Waals surface area contributed by atoms with Crippen molar-refractivity contribution in [1.29, 1.82) is 0 Å². The van der Waals surface area contributed by atoms with E-state index in [1.54, 1.807) is 5.38 Å². The molecule has 1 aromatic carbocycles. The zero-order valence-electron chi connectivity index (χ0n) is 10.5. The summed E-state index contributed by atoms with van der Waals surface area (Å²) in [6.45, 7) is 1.85. The molecule has 0 saturated heterocycles. The lowest BCUT2D eigenvalue weighted by Crippen LogP contribution is -2.33. The molecular weight excluding hydrogens is 280 g/mol. The number of rotatable bonds is 5. The molecule has 0 spiro atoms. The van der Waals surface area contributed by atoms with Crippen LogP contribution in [0.2, 0.25) is 0 Å². The van der Waals surface area contributed by atoms with E-state index in [0.29, 0.717) is 12.1 Å². The molecule has 2 rings (SSSR count). The van der Waals surface area contributed by atoms with Crippen LogP contribution in [0.15, 0.2) is 46.0 Å². The molecule has 102 valence electrons. The SMILES string of the molecule is CC(Cc1ccccc1)NS(=O)(=O)c1cc(N)cs1. The Kier molecular flexibility index (Phi) is 4.24. The lowest BCUT2D eigenvalue weighted by molar-refractivity contribution is 0.562. The van der Waals surface area contributed by atoms with Crippen LogP contribution in [0.25, 0.3) is 0 Å². The van der Waals surface area contributed by atoms with E-state index < -0.39 is 10.0 Å². The van der Waals surface area contributed by atoms with Crippen molar-refractivity contribution in [2.75, 3.05) is 5.73 Å². The first kappa shape index (κ1) is 14.0. The summed E-state index contributed by atoms with van der Waals surface area (Å²) in [5.74, 6) is 0. The van der Waals surface area contributed by atoms with Crippen molar-refractivity contribution >= 4 is 27.0 Å². The number of anilines is 1. The number of hydrogen-bond acceptors (Lipinski definition) is 4. The van der Waals surface area contributed by atoms with Gasteiger partial charge in [0.25, 0.3) is 0 Å². The van der Waals surface area contributed by atoms with Crippen LogP contribution in [0.3, 0.4) is 0 Å². The molecule has 0 aliphatic carbocycles. The van der Waals surface area contributed by atoms with Gasteiger partial charge in [0.2, 0.25) is 10.0 Å². The van der Waals surface area contributed by atoms with Crippen molar-refractivity contribution in [3.8, 4) is 0 Å². The van der Waals surface area contributed by atoms with E-state index in [1.165, 1.54) is 6.07 Å². The minimum Gasteiger partial charge on any atom is -0.398 e. The van der Waals surface area contributed by atoms with E-state index in [4.69, 9.17) is 5.73 Å². The molecule has 1 atom stereocenters. The first-order valence-electron chi connectivity index (χ1n) is 5.87. The van der Waals surface area contributed by atoms with Gasteiger partial charge in [-0.1, -0.05) is 30.3 Å². The first-order chi connectivity index (χ1) is 8.97. The maximum absolute atomic E-state index is 12.1. The normalized spacial score (nSPS) is 13.3. The Morgan fingerprint density at radius 1 is 1.32 bits per heavy atom. The maximum Gasteiger partial charge on any atom is 0.250 e. The minimum absolute atomic E-state index is 0.171. The molecule has 0 aliphatic heterocycles. The van der Waals surface area contributed by atoms with Gasteiger partial charge in [-0.3, -0.25) is 0 Å². The Balaban J connectivity index is 2.04. The summed E-state index contributed by atoms with van der Waals surface area (Å²) in [4.78, 5) is 0. The molecule has 1 heterocycles. The third-order valence-corrected chi connectivity index (χ3v) is 5.65. The lowest BCUT2D eigenvalue weighted by Gasteiger charge is -2.13. The van der Waals surface area contributed by atoms with Gasteiger partial charge in [0.15, 0.2) is 0 Å². The second kappa shape index (κ2) is 5.73. The van der Waals surface area contributed by atoms with Crippen LogP contribution < -0.4 is 10.5 Å². The fourth-order valence-corrected chi connectivity index (χ4v) is 4.14. The summed E-state index contributed by atoms with van der Waals surface area (Å²) in [7, 11) is -3.47. The summed E-state index contributed by atoms with van der Waals surface area (Å²) in [5.41, 5.74) is 7.12. The molecule has 0 fully saturated rings. The third-order valence-electron chi connectivity index (χ3n) is 2.60. The largest absolute Gasteiger partial charge is 0.398 e. The Hall–Kier alpha value is -1.37. The lowest BCUT2D eigenvalue weighted by atomic mass is 10.1. The van der Waals surface area contributed by atoms with Crippen LogP contribution in [-0.2, 0) is 16.4 Å². The monoisotopic (exact) mass is 296 g/mol. The molecule has 6 heteroatoms. The van der Waals surface area contributed by atoms with Gasteiger partial charge in [0.05, 0.1) is 0 Å². The number of nitrogens with two attached hydrogens (primary N) is 1. The number of thiophene rings is 1. The van der Waals surface area contributed by atoms with Crippen LogP contribution in [0.1, 0.15) is 12.5 Å². The zero-order valence-corrected chi connectivity index (χ0v) is 12.2. The molecule has 19 heavy (non-hydrogen) atoms. The van der Waals surface area contributed by atoms with Gasteiger partial charge < -0.3 is 5.73 Å². The molecule has 1 aromatic heterocycles. The summed E-state index contributed by atoms with van der Waals surface area (Å²) in [5, 5.41) is 1.62. The van der Waals surface area contributed by atoms with Gasteiger partial charge in [-0.15, -0.1) is 11.3 Å². The van der Waals surface area contributed by atoms with Crippen molar-refractivity contribution in [3.63, 3.8) is 0 Å². The highest BCUT2D eigenvalue weighted by Gasteiger charge is 2.19. The van der Waals surface area contributed by atoms with Crippen molar-refractivity contribution in [1.82, 2.24) is 4.72 Å². The molecule has 0 amide bonds. The van der Waals surface area contributed by atoms with Gasteiger partial charge in [0.1, 0.15) is 4.21 Å². The van der Waals surface area contributed by atoms with Gasteiger partial charge in [0, 0.05) is 17.1 Å². The topological polar surface area (TPSA) is 72.2 Å². The summed E-state index contributed by atoms with van der Waals surface area (Å²) < 4.78 is 27.1. The summed E-state index contributed by atoms with van der Waals surface area (Å²) in [6.07, 6.45) is 0.654. The van der Waals surface area contributed by atoms with Crippen molar-refractivity contribution in [3.05, 3.63) is 47.3 Å². The van der Waals surface area contributed by atoms with E-state index in [9.17, 15) is 8.42 Å². The van der Waals surface area contributed by atoms with Crippen molar-refractivity contribution in [2.24, 2.45) is 0 Å². The molecule has 0 radical (unpaired) electrons. The number of hydrogen-bond donors (Lipinski definition) is 2. The minimum atomic E-state index is -3.47. The van der Waals surface area contributed by atoms with Crippen LogP contribution in [-0.4, -0.2) is 14.5 Å². The second-order valence-electron chi connectivity index (χ2n) is 4.41. The van der Waals surface area contributed by atoms with Crippen LogP contribution in [0.4, 0.5) is 5.69 Å². The predicted molar refractivity (Wildman–Crippen MR) is 78.7 cm³/mol. The molecule has 3 N–H and O–H groups in total. The van der Waals surface area contributed by atoms with E-state index in [1.807, 2.05) is 37.3 Å². The van der Waals surface area contributed by atoms with Gasteiger partial charge in [-0.2, -0.15) is 0 Å². The number of benzene rings is 1. The van der Waals surface area contributed by atoms with Gasteiger partial charge in [-0.25, -0.2) is 13.1 Å².